The molecule has 2 rings (SSSR count). The maximum absolute atomic E-state index is 13.4. The Morgan fingerprint density at radius 1 is 1.30 bits per heavy atom. The molecule has 0 aliphatic rings. The molecule has 8 heteroatoms. The van der Waals surface area contributed by atoms with Crippen molar-refractivity contribution in [1.82, 2.24) is 4.98 Å². The van der Waals surface area contributed by atoms with Crippen molar-refractivity contribution in [2.45, 2.75) is 4.90 Å². The highest BCUT2D eigenvalue weighted by Gasteiger charge is 2.17. The lowest BCUT2D eigenvalue weighted by molar-refractivity contribution is 0.599. The lowest BCUT2D eigenvalue weighted by atomic mass is 10.2. The number of nitrogens with two attached hydrogens (primary N) is 1. The molecule has 1 aromatic heterocycles. The van der Waals surface area contributed by atoms with E-state index >= 15 is 0 Å². The van der Waals surface area contributed by atoms with Gasteiger partial charge in [0.25, 0.3) is 10.0 Å². The number of halogens is 1. The predicted molar refractivity (Wildman–Crippen MR) is 77.3 cm³/mol. The minimum Gasteiger partial charge on any atom is -0.389 e. The van der Waals surface area contributed by atoms with Gasteiger partial charge < -0.3 is 5.73 Å². The van der Waals surface area contributed by atoms with E-state index in [0.717, 1.165) is 18.2 Å². The molecule has 3 N–H and O–H groups in total. The molecule has 0 aliphatic heterocycles. The van der Waals surface area contributed by atoms with Gasteiger partial charge in [-0.15, -0.1) is 0 Å². The number of anilines is 1. The highest BCUT2D eigenvalue weighted by Crippen LogP contribution is 2.17. The molecule has 0 aliphatic carbocycles. The van der Waals surface area contributed by atoms with E-state index in [2.05, 4.69) is 21.9 Å². The Kier molecular flexibility index (Phi) is 3.96. The fourth-order valence-corrected chi connectivity index (χ4v) is 2.67. The second-order valence-electron chi connectivity index (χ2n) is 3.83. The van der Waals surface area contributed by atoms with Gasteiger partial charge in [-0.2, -0.15) is 0 Å². The van der Waals surface area contributed by atoms with Crippen molar-refractivity contribution < 1.29 is 12.8 Å². The van der Waals surface area contributed by atoms with Gasteiger partial charge in [0.2, 0.25) is 0 Å². The number of aromatic nitrogens is 1. The SMILES string of the molecule is NC(=S)c1cc(S(=O)(=O)Nc2ccccn2)ccc1F. The molecule has 2 aromatic rings. The van der Waals surface area contributed by atoms with Crippen molar-refractivity contribution in [2.24, 2.45) is 5.73 Å². The predicted octanol–water partition coefficient (Wildman–Crippen LogP) is 1.66. The molecule has 0 amide bonds. The number of sulfonamides is 1. The number of thiocarbonyl (C=S) groups is 1. The van der Waals surface area contributed by atoms with Crippen LogP contribution in [0, 0.1) is 5.82 Å². The van der Waals surface area contributed by atoms with E-state index in [1.807, 2.05) is 0 Å². The monoisotopic (exact) mass is 311 g/mol. The molecule has 0 saturated heterocycles. The summed E-state index contributed by atoms with van der Waals surface area (Å²) in [5.41, 5.74) is 5.22. The summed E-state index contributed by atoms with van der Waals surface area (Å²) in [6, 6.07) is 8.00. The first kappa shape index (κ1) is 14.4. The van der Waals surface area contributed by atoms with Gasteiger partial charge in [-0.3, -0.25) is 4.72 Å². The number of rotatable bonds is 4. The Bertz CT molecular complexity index is 749. The zero-order valence-corrected chi connectivity index (χ0v) is 11.7. The topological polar surface area (TPSA) is 85.1 Å². The largest absolute Gasteiger partial charge is 0.389 e. The molecule has 0 fully saturated rings. The van der Waals surface area contributed by atoms with Crippen LogP contribution in [-0.4, -0.2) is 18.4 Å². The van der Waals surface area contributed by atoms with E-state index < -0.39 is 15.8 Å². The van der Waals surface area contributed by atoms with E-state index in [0.29, 0.717) is 0 Å². The third kappa shape index (κ3) is 3.09. The average Bonchev–Trinajstić information content (AvgIpc) is 2.39. The average molecular weight is 311 g/mol. The van der Waals surface area contributed by atoms with Gasteiger partial charge in [-0.25, -0.2) is 17.8 Å². The normalized spacial score (nSPS) is 11.1. The second kappa shape index (κ2) is 5.51. The van der Waals surface area contributed by atoms with Crippen LogP contribution in [0.3, 0.4) is 0 Å². The van der Waals surface area contributed by atoms with Crippen LogP contribution in [0.15, 0.2) is 47.5 Å². The maximum atomic E-state index is 13.4. The summed E-state index contributed by atoms with van der Waals surface area (Å²) in [6.45, 7) is 0. The van der Waals surface area contributed by atoms with E-state index in [9.17, 15) is 12.8 Å². The first-order valence-corrected chi connectivity index (χ1v) is 7.32. The molecular weight excluding hydrogens is 301 g/mol. The summed E-state index contributed by atoms with van der Waals surface area (Å²) in [7, 11) is -3.88. The van der Waals surface area contributed by atoms with Crippen molar-refractivity contribution in [3.05, 3.63) is 54.0 Å². The molecule has 0 radical (unpaired) electrons. The smallest absolute Gasteiger partial charge is 0.263 e. The number of pyridine rings is 1. The zero-order chi connectivity index (χ0) is 14.8. The van der Waals surface area contributed by atoms with Crippen LogP contribution >= 0.6 is 12.2 Å². The fourth-order valence-electron chi connectivity index (χ4n) is 1.48. The summed E-state index contributed by atoms with van der Waals surface area (Å²) in [6.07, 6.45) is 1.45. The molecular formula is C12H10FN3O2S2. The van der Waals surface area contributed by atoms with Gasteiger partial charge in [0, 0.05) is 11.8 Å². The molecule has 0 unspecified atom stereocenters. The summed E-state index contributed by atoms with van der Waals surface area (Å²) in [5, 5.41) is 0. The second-order valence-corrected chi connectivity index (χ2v) is 5.95. The molecule has 0 spiro atoms. The van der Waals surface area contributed by atoms with Gasteiger partial charge in [-0.1, -0.05) is 18.3 Å². The quantitative estimate of drug-likeness (QED) is 0.839. The lowest BCUT2D eigenvalue weighted by Crippen LogP contribution is -2.17. The van der Waals surface area contributed by atoms with Crippen molar-refractivity contribution in [2.75, 3.05) is 4.72 Å². The third-order valence-corrected chi connectivity index (χ3v) is 3.99. The number of hydrogen-bond acceptors (Lipinski definition) is 4. The molecule has 1 heterocycles. The third-order valence-electron chi connectivity index (χ3n) is 2.42. The van der Waals surface area contributed by atoms with Crippen LogP contribution in [0.5, 0.6) is 0 Å². The first-order valence-electron chi connectivity index (χ1n) is 5.43. The maximum Gasteiger partial charge on any atom is 0.263 e. The molecule has 5 nitrogen and oxygen atoms in total. The van der Waals surface area contributed by atoms with Crippen molar-refractivity contribution in [1.29, 1.82) is 0 Å². The zero-order valence-electron chi connectivity index (χ0n) is 10.1. The van der Waals surface area contributed by atoms with E-state index in [1.54, 1.807) is 12.1 Å². The van der Waals surface area contributed by atoms with Crippen LogP contribution in [-0.2, 0) is 10.0 Å². The molecule has 0 saturated carbocycles. The lowest BCUT2D eigenvalue weighted by Gasteiger charge is -2.09. The van der Waals surface area contributed by atoms with E-state index in [-0.39, 0.29) is 21.3 Å². The summed E-state index contributed by atoms with van der Waals surface area (Å²) in [5.74, 6) is -0.511. The Morgan fingerprint density at radius 2 is 2.05 bits per heavy atom. The Morgan fingerprint density at radius 3 is 2.65 bits per heavy atom. The van der Waals surface area contributed by atoms with E-state index in [4.69, 9.17) is 5.73 Å². The summed E-state index contributed by atoms with van der Waals surface area (Å²) >= 11 is 4.67. The van der Waals surface area contributed by atoms with Crippen molar-refractivity contribution >= 4 is 33.0 Å². The van der Waals surface area contributed by atoms with Gasteiger partial charge in [0.1, 0.15) is 16.6 Å². The number of hydrogen-bond donors (Lipinski definition) is 2. The van der Waals surface area contributed by atoms with Gasteiger partial charge >= 0.3 is 0 Å². The first-order chi connectivity index (χ1) is 9.40. The van der Waals surface area contributed by atoms with Crippen molar-refractivity contribution in [3.8, 4) is 0 Å². The molecule has 1 aromatic carbocycles. The Labute approximate surface area is 120 Å². The summed E-state index contributed by atoms with van der Waals surface area (Å²) < 4.78 is 40.0. The Balaban J connectivity index is 2.40. The molecule has 104 valence electrons. The van der Waals surface area contributed by atoms with Crippen LogP contribution in [0.2, 0.25) is 0 Å². The van der Waals surface area contributed by atoms with E-state index in [1.165, 1.54) is 12.3 Å². The van der Waals surface area contributed by atoms with Gasteiger partial charge in [0.15, 0.2) is 0 Å². The van der Waals surface area contributed by atoms with Crippen LogP contribution in [0.25, 0.3) is 0 Å². The van der Waals surface area contributed by atoms with Gasteiger partial charge in [-0.05, 0) is 30.3 Å². The minimum atomic E-state index is -3.88. The Hall–Kier alpha value is -2.06. The molecule has 20 heavy (non-hydrogen) atoms. The number of benzene rings is 1. The molecule has 0 bridgehead atoms. The standard InChI is InChI=1S/C12H10FN3O2S2/c13-10-5-4-8(7-9(10)12(14)19)20(17,18)16-11-3-1-2-6-15-11/h1-7H,(H2,14,19)(H,15,16). The number of nitrogens with one attached hydrogen (secondary N) is 1. The van der Waals surface area contributed by atoms with Crippen LogP contribution in [0.1, 0.15) is 5.56 Å². The van der Waals surface area contributed by atoms with Crippen LogP contribution in [0.4, 0.5) is 10.2 Å². The summed E-state index contributed by atoms with van der Waals surface area (Å²) in [4.78, 5) is 3.49. The fraction of sp³-hybridized carbons (Fsp3) is 0. The highest BCUT2D eigenvalue weighted by molar-refractivity contribution is 7.92. The highest BCUT2D eigenvalue weighted by atomic mass is 32.2. The minimum absolute atomic E-state index is 0.121. The number of nitrogens with zero attached hydrogens (tertiary/aromatic N) is 1. The van der Waals surface area contributed by atoms with Crippen LogP contribution < -0.4 is 10.5 Å². The van der Waals surface area contributed by atoms with Gasteiger partial charge in [0.05, 0.1) is 4.90 Å². The molecule has 0 atom stereocenters. The van der Waals surface area contributed by atoms with Crippen molar-refractivity contribution in [3.63, 3.8) is 0 Å².